The lowest BCUT2D eigenvalue weighted by atomic mass is 9.98. The van der Waals surface area contributed by atoms with Crippen LogP contribution < -0.4 is 5.56 Å². The van der Waals surface area contributed by atoms with E-state index in [0.717, 1.165) is 79.0 Å². The Morgan fingerprint density at radius 1 is 0.929 bits per heavy atom. The van der Waals surface area contributed by atoms with E-state index in [4.69, 9.17) is 4.98 Å². The molecular formula is C33H41N7O2. The molecule has 2 aromatic heterocycles. The number of carbonyl (C=O) groups is 1. The molecule has 0 unspecified atom stereocenters. The standard InChI is InChI=1S/C33H41N7O2/c1-3-4-14-30-34-24(2)27(19-20-31(41)39-21-10-6-5-7-11-22-39)33(42)40(30)23-25-15-17-26(18-16-25)28-12-8-9-13-29(28)32-35-37-38-36-32/h8-9,12-13,15-18H,3-7,10-11,14,19-23H2,1-2H3,(H,35,36,37,38). The van der Waals surface area contributed by atoms with Crippen LogP contribution in [0.25, 0.3) is 22.5 Å². The first-order chi connectivity index (χ1) is 20.5. The van der Waals surface area contributed by atoms with Crippen LogP contribution in [0.15, 0.2) is 53.3 Å². The van der Waals surface area contributed by atoms with Gasteiger partial charge < -0.3 is 4.90 Å². The van der Waals surface area contributed by atoms with E-state index in [2.05, 4.69) is 51.8 Å². The van der Waals surface area contributed by atoms with Gasteiger partial charge in [0.15, 0.2) is 5.82 Å². The van der Waals surface area contributed by atoms with Crippen molar-refractivity contribution >= 4 is 5.91 Å². The zero-order valence-electron chi connectivity index (χ0n) is 24.8. The van der Waals surface area contributed by atoms with Crippen LogP contribution in [0.5, 0.6) is 0 Å². The van der Waals surface area contributed by atoms with Gasteiger partial charge in [0.1, 0.15) is 5.82 Å². The molecule has 3 heterocycles. The number of hydrogen-bond acceptors (Lipinski definition) is 6. The van der Waals surface area contributed by atoms with E-state index in [1.54, 1.807) is 0 Å². The highest BCUT2D eigenvalue weighted by molar-refractivity contribution is 5.80. The summed E-state index contributed by atoms with van der Waals surface area (Å²) in [6, 6.07) is 16.3. The SMILES string of the molecule is CCCCc1nc(C)c(CCC(=O)N2CCCCCCC2)c(=O)n1Cc1ccc(-c2ccccc2-c2nnn[nH]2)cc1. The van der Waals surface area contributed by atoms with Crippen molar-refractivity contribution in [3.63, 3.8) is 0 Å². The average molecular weight is 568 g/mol. The molecule has 1 N–H and O–H groups in total. The van der Waals surface area contributed by atoms with Gasteiger partial charge in [-0.15, -0.1) is 5.10 Å². The molecule has 9 nitrogen and oxygen atoms in total. The van der Waals surface area contributed by atoms with Gasteiger partial charge in [0.2, 0.25) is 5.91 Å². The topological polar surface area (TPSA) is 110 Å². The van der Waals surface area contributed by atoms with E-state index < -0.39 is 0 Å². The number of aryl methyl sites for hydroxylation is 2. The highest BCUT2D eigenvalue weighted by Crippen LogP contribution is 2.30. The third kappa shape index (κ3) is 7.01. The fourth-order valence-electron chi connectivity index (χ4n) is 5.81. The molecule has 1 amide bonds. The summed E-state index contributed by atoms with van der Waals surface area (Å²) in [5.74, 6) is 1.57. The number of rotatable bonds is 10. The van der Waals surface area contributed by atoms with E-state index in [1.165, 1.54) is 19.3 Å². The summed E-state index contributed by atoms with van der Waals surface area (Å²) in [5.41, 5.74) is 5.37. The minimum Gasteiger partial charge on any atom is -0.343 e. The van der Waals surface area contributed by atoms with Crippen molar-refractivity contribution < 1.29 is 4.79 Å². The second kappa shape index (κ2) is 14.2. The van der Waals surface area contributed by atoms with Gasteiger partial charge in [0.05, 0.1) is 6.54 Å². The number of H-pyrrole nitrogens is 1. The molecule has 0 aliphatic carbocycles. The summed E-state index contributed by atoms with van der Waals surface area (Å²) in [4.78, 5) is 33.9. The van der Waals surface area contributed by atoms with Crippen LogP contribution in [0.1, 0.15) is 80.9 Å². The van der Waals surface area contributed by atoms with Crippen LogP contribution in [0.4, 0.5) is 0 Å². The molecule has 5 rings (SSSR count). The Morgan fingerprint density at radius 3 is 2.33 bits per heavy atom. The Labute approximate surface area is 247 Å². The molecule has 0 radical (unpaired) electrons. The molecule has 42 heavy (non-hydrogen) atoms. The summed E-state index contributed by atoms with van der Waals surface area (Å²) in [7, 11) is 0. The Hall–Kier alpha value is -4.14. The molecule has 0 saturated carbocycles. The third-order valence-electron chi connectivity index (χ3n) is 8.23. The molecule has 1 aliphatic heterocycles. The minimum atomic E-state index is -0.0266. The Kier molecular flexibility index (Phi) is 9.90. The molecule has 220 valence electrons. The number of carbonyl (C=O) groups excluding carboxylic acids is 1. The molecule has 1 fully saturated rings. The maximum atomic E-state index is 13.9. The van der Waals surface area contributed by atoms with Crippen LogP contribution in [0, 0.1) is 6.92 Å². The lowest BCUT2D eigenvalue weighted by Gasteiger charge is -2.25. The minimum absolute atomic E-state index is 0.0266. The summed E-state index contributed by atoms with van der Waals surface area (Å²) in [5, 5.41) is 14.4. The molecule has 1 aliphatic rings. The molecule has 4 aromatic rings. The monoisotopic (exact) mass is 567 g/mol. The third-order valence-corrected chi connectivity index (χ3v) is 8.23. The lowest BCUT2D eigenvalue weighted by Crippen LogP contribution is -2.35. The van der Waals surface area contributed by atoms with Crippen molar-refractivity contribution in [1.29, 1.82) is 0 Å². The van der Waals surface area contributed by atoms with Crippen LogP contribution in [0.2, 0.25) is 0 Å². The summed E-state index contributed by atoms with van der Waals surface area (Å²) in [6.07, 6.45) is 9.25. The van der Waals surface area contributed by atoms with Gasteiger partial charge in [-0.25, -0.2) is 10.1 Å². The lowest BCUT2D eigenvalue weighted by molar-refractivity contribution is -0.131. The Morgan fingerprint density at radius 2 is 1.64 bits per heavy atom. The van der Waals surface area contributed by atoms with Gasteiger partial charge in [-0.2, -0.15) is 0 Å². The largest absolute Gasteiger partial charge is 0.343 e. The first-order valence-corrected chi connectivity index (χ1v) is 15.3. The van der Waals surface area contributed by atoms with E-state index in [9.17, 15) is 9.59 Å². The highest BCUT2D eigenvalue weighted by Gasteiger charge is 2.19. The predicted octanol–water partition coefficient (Wildman–Crippen LogP) is 5.52. The summed E-state index contributed by atoms with van der Waals surface area (Å²) >= 11 is 0. The van der Waals surface area contributed by atoms with Gasteiger partial charge in [-0.1, -0.05) is 81.1 Å². The predicted molar refractivity (Wildman–Crippen MR) is 164 cm³/mol. The number of likely N-dealkylation sites (tertiary alicyclic amines) is 1. The molecule has 0 bridgehead atoms. The second-order valence-corrected chi connectivity index (χ2v) is 11.2. The molecule has 2 aromatic carbocycles. The van der Waals surface area contributed by atoms with Crippen LogP contribution in [-0.4, -0.2) is 54.1 Å². The molecule has 0 spiro atoms. The van der Waals surface area contributed by atoms with Crippen molar-refractivity contribution in [2.75, 3.05) is 13.1 Å². The molecule has 0 atom stereocenters. The average Bonchev–Trinajstić information content (AvgIpc) is 3.53. The number of unbranched alkanes of at least 4 members (excludes halogenated alkanes) is 1. The van der Waals surface area contributed by atoms with Gasteiger partial charge in [-0.3, -0.25) is 14.2 Å². The van der Waals surface area contributed by atoms with Crippen LogP contribution >= 0.6 is 0 Å². The zero-order chi connectivity index (χ0) is 29.3. The maximum absolute atomic E-state index is 13.9. The Balaban J connectivity index is 1.37. The van der Waals surface area contributed by atoms with E-state index >= 15 is 0 Å². The highest BCUT2D eigenvalue weighted by atomic mass is 16.2. The molecule has 9 heteroatoms. The van der Waals surface area contributed by atoms with E-state index in [1.807, 2.05) is 40.7 Å². The fourth-order valence-corrected chi connectivity index (χ4v) is 5.81. The number of aromatic nitrogens is 6. The van der Waals surface area contributed by atoms with Crippen molar-refractivity contribution in [2.24, 2.45) is 0 Å². The van der Waals surface area contributed by atoms with Crippen molar-refractivity contribution in [3.05, 3.63) is 81.5 Å². The van der Waals surface area contributed by atoms with Crippen molar-refractivity contribution in [3.8, 4) is 22.5 Å². The molecular weight excluding hydrogens is 526 g/mol. The molecule has 1 saturated heterocycles. The number of hydrogen-bond donors (Lipinski definition) is 1. The summed E-state index contributed by atoms with van der Waals surface area (Å²) in [6.45, 7) is 6.14. The maximum Gasteiger partial charge on any atom is 0.257 e. The number of benzene rings is 2. The number of aromatic amines is 1. The normalized spacial score (nSPS) is 14.0. The quantitative estimate of drug-likeness (QED) is 0.270. The summed E-state index contributed by atoms with van der Waals surface area (Å²) < 4.78 is 1.82. The van der Waals surface area contributed by atoms with E-state index in [0.29, 0.717) is 30.8 Å². The van der Waals surface area contributed by atoms with Crippen molar-refractivity contribution in [1.82, 2.24) is 35.1 Å². The number of nitrogens with one attached hydrogen (secondary N) is 1. The fraction of sp³-hybridized carbons (Fsp3) is 0.455. The van der Waals surface area contributed by atoms with Crippen LogP contribution in [-0.2, 0) is 24.2 Å². The van der Waals surface area contributed by atoms with Gasteiger partial charge >= 0.3 is 0 Å². The smallest absolute Gasteiger partial charge is 0.257 e. The number of nitrogens with zero attached hydrogens (tertiary/aromatic N) is 6. The van der Waals surface area contributed by atoms with Crippen LogP contribution in [0.3, 0.4) is 0 Å². The van der Waals surface area contributed by atoms with E-state index in [-0.39, 0.29) is 11.5 Å². The van der Waals surface area contributed by atoms with Gasteiger partial charge in [-0.05, 0) is 59.7 Å². The van der Waals surface area contributed by atoms with Gasteiger partial charge in [0, 0.05) is 42.8 Å². The first-order valence-electron chi connectivity index (χ1n) is 15.3. The number of tetrazole rings is 1. The van der Waals surface area contributed by atoms with Crippen molar-refractivity contribution in [2.45, 2.75) is 84.6 Å². The second-order valence-electron chi connectivity index (χ2n) is 11.2. The first kappa shape index (κ1) is 29.4. The zero-order valence-corrected chi connectivity index (χ0v) is 24.8. The number of amides is 1. The Bertz CT molecular complexity index is 1520. The van der Waals surface area contributed by atoms with Gasteiger partial charge in [0.25, 0.3) is 5.56 Å².